The van der Waals surface area contributed by atoms with E-state index >= 15 is 0 Å². The molecular weight excluding hydrogens is 350 g/mol. The van der Waals surface area contributed by atoms with Crippen molar-refractivity contribution in [3.63, 3.8) is 0 Å². The average Bonchev–Trinajstić information content (AvgIpc) is 3.01. The van der Waals surface area contributed by atoms with Gasteiger partial charge in [0.15, 0.2) is 0 Å². The number of benzene rings is 2. The van der Waals surface area contributed by atoms with Crippen LogP contribution in [0.1, 0.15) is 41.4 Å². The van der Waals surface area contributed by atoms with Crippen LogP contribution in [0.3, 0.4) is 0 Å². The van der Waals surface area contributed by atoms with Crippen molar-refractivity contribution in [3.8, 4) is 11.4 Å². The van der Waals surface area contributed by atoms with Gasteiger partial charge < -0.3 is 10.1 Å². The molecule has 5 nitrogen and oxygen atoms in total. The molecule has 0 spiro atoms. The molecule has 0 bridgehead atoms. The number of carbonyl (C=O) groups excluding carboxylic acids is 1. The van der Waals surface area contributed by atoms with Gasteiger partial charge in [-0.2, -0.15) is 5.10 Å². The fourth-order valence-corrected chi connectivity index (χ4v) is 3.85. The van der Waals surface area contributed by atoms with E-state index in [2.05, 4.69) is 17.3 Å². The Bertz CT molecular complexity index is 979. The van der Waals surface area contributed by atoms with Crippen molar-refractivity contribution >= 4 is 5.91 Å². The Morgan fingerprint density at radius 1 is 1.14 bits per heavy atom. The van der Waals surface area contributed by atoms with Crippen molar-refractivity contribution in [1.82, 2.24) is 15.1 Å². The van der Waals surface area contributed by atoms with Crippen molar-refractivity contribution in [1.29, 1.82) is 0 Å². The number of nitrogens with zero attached hydrogens (tertiary/aromatic N) is 2. The van der Waals surface area contributed by atoms with Gasteiger partial charge in [0.05, 0.1) is 24.0 Å². The number of fused-ring (bicyclic) bond motifs is 1. The third kappa shape index (κ3) is 3.65. The molecule has 0 radical (unpaired) electrons. The van der Waals surface area contributed by atoms with Gasteiger partial charge in [-0.3, -0.25) is 4.79 Å². The number of nitrogens with one attached hydrogen (secondary N) is 1. The summed E-state index contributed by atoms with van der Waals surface area (Å²) in [5.74, 6) is 0.933. The smallest absolute Gasteiger partial charge is 0.220 e. The SMILES string of the molecule is Cc1nn(-c2ccccc2)c(C)c1CCC(=O)N[C@H]1CCOc2ccccc21. The summed E-state index contributed by atoms with van der Waals surface area (Å²) in [4.78, 5) is 12.6. The number of hydrogen-bond donors (Lipinski definition) is 1. The van der Waals surface area contributed by atoms with Crippen LogP contribution in [-0.2, 0) is 11.2 Å². The van der Waals surface area contributed by atoms with Crippen LogP contribution in [0.25, 0.3) is 5.69 Å². The van der Waals surface area contributed by atoms with Crippen LogP contribution in [0.2, 0.25) is 0 Å². The van der Waals surface area contributed by atoms with E-state index in [0.29, 0.717) is 19.4 Å². The first-order chi connectivity index (χ1) is 13.6. The average molecular weight is 375 g/mol. The molecule has 1 N–H and O–H groups in total. The van der Waals surface area contributed by atoms with Gasteiger partial charge in [-0.05, 0) is 44.0 Å². The minimum absolute atomic E-state index is 0.0201. The highest BCUT2D eigenvalue weighted by Crippen LogP contribution is 2.31. The van der Waals surface area contributed by atoms with E-state index in [0.717, 1.165) is 40.4 Å². The maximum atomic E-state index is 12.6. The Hall–Kier alpha value is -3.08. The van der Waals surface area contributed by atoms with Gasteiger partial charge in [0.2, 0.25) is 5.91 Å². The van der Waals surface area contributed by atoms with Crippen LogP contribution < -0.4 is 10.1 Å². The molecule has 0 unspecified atom stereocenters. The highest BCUT2D eigenvalue weighted by molar-refractivity contribution is 5.77. The lowest BCUT2D eigenvalue weighted by Crippen LogP contribution is -2.32. The van der Waals surface area contributed by atoms with E-state index < -0.39 is 0 Å². The lowest BCUT2D eigenvalue weighted by molar-refractivity contribution is -0.122. The Morgan fingerprint density at radius 2 is 1.89 bits per heavy atom. The molecule has 5 heteroatoms. The van der Waals surface area contributed by atoms with Gasteiger partial charge >= 0.3 is 0 Å². The summed E-state index contributed by atoms with van der Waals surface area (Å²) in [6, 6.07) is 18.0. The molecular formula is C23H25N3O2. The Morgan fingerprint density at radius 3 is 2.71 bits per heavy atom. The monoisotopic (exact) mass is 375 g/mol. The van der Waals surface area contributed by atoms with Crippen molar-refractivity contribution in [2.24, 2.45) is 0 Å². The minimum Gasteiger partial charge on any atom is -0.493 e. The number of aromatic nitrogens is 2. The van der Waals surface area contributed by atoms with Crippen LogP contribution in [0.5, 0.6) is 5.75 Å². The molecule has 1 atom stereocenters. The summed E-state index contributed by atoms with van der Waals surface area (Å²) in [5.41, 5.74) is 5.31. The second-order valence-corrected chi connectivity index (χ2v) is 7.19. The minimum atomic E-state index is 0.0201. The van der Waals surface area contributed by atoms with E-state index in [1.165, 1.54) is 0 Å². The number of para-hydroxylation sites is 2. The zero-order valence-corrected chi connectivity index (χ0v) is 16.3. The topological polar surface area (TPSA) is 56.2 Å². The van der Waals surface area contributed by atoms with E-state index in [1.807, 2.05) is 66.2 Å². The number of rotatable bonds is 5. The first-order valence-corrected chi connectivity index (χ1v) is 9.75. The zero-order valence-electron chi connectivity index (χ0n) is 16.3. The standard InChI is InChI=1S/C23H25N3O2/c1-16-19(17(2)26(25-16)18-8-4-3-5-9-18)12-13-23(27)24-21-14-15-28-22-11-7-6-10-20(21)22/h3-11,21H,12-15H2,1-2H3,(H,24,27)/t21-/m0/s1. The molecule has 2 aromatic carbocycles. The van der Waals surface area contributed by atoms with Crippen molar-refractivity contribution < 1.29 is 9.53 Å². The molecule has 1 aromatic heterocycles. The van der Waals surface area contributed by atoms with Crippen molar-refractivity contribution in [3.05, 3.63) is 77.1 Å². The lowest BCUT2D eigenvalue weighted by Gasteiger charge is -2.26. The van der Waals surface area contributed by atoms with E-state index in [1.54, 1.807) is 0 Å². The first kappa shape index (κ1) is 18.3. The van der Waals surface area contributed by atoms with E-state index in [-0.39, 0.29) is 11.9 Å². The van der Waals surface area contributed by atoms with Gasteiger partial charge in [-0.25, -0.2) is 4.68 Å². The fraction of sp³-hybridized carbons (Fsp3) is 0.304. The van der Waals surface area contributed by atoms with Crippen LogP contribution >= 0.6 is 0 Å². The highest BCUT2D eigenvalue weighted by Gasteiger charge is 2.23. The van der Waals surface area contributed by atoms with Crippen molar-refractivity contribution in [2.75, 3.05) is 6.61 Å². The van der Waals surface area contributed by atoms with Gasteiger partial charge in [0, 0.05) is 24.1 Å². The molecule has 3 aromatic rings. The molecule has 1 amide bonds. The lowest BCUT2D eigenvalue weighted by atomic mass is 10.00. The Balaban J connectivity index is 1.43. The predicted octanol–water partition coefficient (Wildman–Crippen LogP) is 4.06. The quantitative estimate of drug-likeness (QED) is 0.732. The van der Waals surface area contributed by atoms with E-state index in [9.17, 15) is 4.79 Å². The summed E-state index contributed by atoms with van der Waals surface area (Å²) in [7, 11) is 0. The fourth-order valence-electron chi connectivity index (χ4n) is 3.85. The molecule has 2 heterocycles. The highest BCUT2D eigenvalue weighted by atomic mass is 16.5. The maximum absolute atomic E-state index is 12.6. The molecule has 28 heavy (non-hydrogen) atoms. The molecule has 0 aliphatic carbocycles. The van der Waals surface area contributed by atoms with Gasteiger partial charge in [-0.1, -0.05) is 36.4 Å². The normalized spacial score (nSPS) is 15.6. The largest absolute Gasteiger partial charge is 0.493 e. The van der Waals surface area contributed by atoms with Gasteiger partial charge in [0.1, 0.15) is 5.75 Å². The summed E-state index contributed by atoms with van der Waals surface area (Å²) in [6.45, 7) is 4.70. The molecule has 0 fully saturated rings. The summed E-state index contributed by atoms with van der Waals surface area (Å²) >= 11 is 0. The zero-order chi connectivity index (χ0) is 19.5. The molecule has 1 aliphatic rings. The van der Waals surface area contributed by atoms with Crippen molar-refractivity contribution in [2.45, 2.75) is 39.2 Å². The number of carbonyl (C=O) groups is 1. The van der Waals surface area contributed by atoms with Crippen LogP contribution in [0.4, 0.5) is 0 Å². The molecule has 144 valence electrons. The first-order valence-electron chi connectivity index (χ1n) is 9.75. The summed E-state index contributed by atoms with van der Waals surface area (Å²) < 4.78 is 7.63. The summed E-state index contributed by atoms with van der Waals surface area (Å²) in [5, 5.41) is 7.85. The Kier molecular flexibility index (Phi) is 5.15. The van der Waals surface area contributed by atoms with Crippen LogP contribution in [0.15, 0.2) is 54.6 Å². The number of amides is 1. The van der Waals surface area contributed by atoms with E-state index in [4.69, 9.17) is 4.74 Å². The van der Waals surface area contributed by atoms with Crippen LogP contribution in [0, 0.1) is 13.8 Å². The maximum Gasteiger partial charge on any atom is 0.220 e. The number of aryl methyl sites for hydroxylation is 1. The second-order valence-electron chi connectivity index (χ2n) is 7.19. The number of hydrogen-bond acceptors (Lipinski definition) is 3. The third-order valence-electron chi connectivity index (χ3n) is 5.34. The van der Waals surface area contributed by atoms with Gasteiger partial charge in [0.25, 0.3) is 0 Å². The third-order valence-corrected chi connectivity index (χ3v) is 5.34. The number of ether oxygens (including phenoxy) is 1. The van der Waals surface area contributed by atoms with Crippen LogP contribution in [-0.4, -0.2) is 22.3 Å². The molecule has 4 rings (SSSR count). The predicted molar refractivity (Wildman–Crippen MR) is 109 cm³/mol. The summed E-state index contributed by atoms with van der Waals surface area (Å²) in [6.07, 6.45) is 1.93. The molecule has 1 aliphatic heterocycles. The molecule has 0 saturated heterocycles. The Labute approximate surface area is 165 Å². The molecule has 0 saturated carbocycles. The second kappa shape index (κ2) is 7.89. The van der Waals surface area contributed by atoms with Gasteiger partial charge in [-0.15, -0.1) is 0 Å².